The fourth-order valence-electron chi connectivity index (χ4n) is 4.26. The Morgan fingerprint density at radius 1 is 0.758 bits per heavy atom. The molecule has 1 N–H and O–H groups in total. The minimum absolute atomic E-state index is 0.415. The lowest BCUT2D eigenvalue weighted by Gasteiger charge is -2.16. The zero-order valence-corrected chi connectivity index (χ0v) is 18.2. The molecule has 5 aromatic rings. The van der Waals surface area contributed by atoms with Crippen molar-refractivity contribution in [3.05, 3.63) is 103 Å². The number of amides is 1. The van der Waals surface area contributed by atoms with Gasteiger partial charge < -0.3 is 14.8 Å². The Morgan fingerprint density at radius 2 is 1.48 bits per heavy atom. The highest BCUT2D eigenvalue weighted by atomic mass is 16.5. The maximum Gasteiger partial charge on any atom is 0.211 e. The van der Waals surface area contributed by atoms with Crippen LogP contribution in [0.3, 0.4) is 0 Å². The van der Waals surface area contributed by atoms with E-state index in [1.807, 2.05) is 66.7 Å². The molecule has 0 spiro atoms. The molecule has 0 aliphatic rings. The van der Waals surface area contributed by atoms with Crippen LogP contribution in [0.5, 0.6) is 11.5 Å². The van der Waals surface area contributed by atoms with Crippen molar-refractivity contribution < 1.29 is 14.3 Å². The van der Waals surface area contributed by atoms with Gasteiger partial charge in [-0.3, -0.25) is 4.79 Å². The number of nitrogens with one attached hydrogen (secondary N) is 1. The van der Waals surface area contributed by atoms with Crippen LogP contribution in [0.15, 0.2) is 97.1 Å². The molecule has 0 radical (unpaired) electrons. The summed E-state index contributed by atoms with van der Waals surface area (Å²) >= 11 is 0. The lowest BCUT2D eigenvalue weighted by Crippen LogP contribution is -2.00. The quantitative estimate of drug-likeness (QED) is 0.287. The summed E-state index contributed by atoms with van der Waals surface area (Å²) < 4.78 is 11.8. The van der Waals surface area contributed by atoms with Crippen LogP contribution in [-0.2, 0) is 11.4 Å². The third-order valence-electron chi connectivity index (χ3n) is 5.87. The van der Waals surface area contributed by atoms with E-state index in [9.17, 15) is 4.79 Å². The van der Waals surface area contributed by atoms with Crippen molar-refractivity contribution in [2.75, 3.05) is 12.4 Å². The first-order valence-electron chi connectivity index (χ1n) is 10.8. The van der Waals surface area contributed by atoms with Gasteiger partial charge in [-0.1, -0.05) is 84.9 Å². The van der Waals surface area contributed by atoms with Gasteiger partial charge >= 0.3 is 0 Å². The predicted octanol–water partition coefficient (Wildman–Crippen LogP) is 6.82. The molecule has 0 bridgehead atoms. The van der Waals surface area contributed by atoms with E-state index < -0.39 is 0 Å². The van der Waals surface area contributed by atoms with E-state index in [4.69, 9.17) is 9.47 Å². The van der Waals surface area contributed by atoms with Crippen molar-refractivity contribution in [1.29, 1.82) is 0 Å². The summed E-state index contributed by atoms with van der Waals surface area (Å²) in [6, 6.07) is 32.4. The summed E-state index contributed by atoms with van der Waals surface area (Å²) in [7, 11) is 1.63. The number of hydrogen-bond acceptors (Lipinski definition) is 3. The SMILES string of the molecule is COc1ccc(-c2ccc3ccccc3c2NC=O)cc1OCc1cccc2ccccc12. The van der Waals surface area contributed by atoms with Crippen LogP contribution in [0.1, 0.15) is 5.56 Å². The van der Waals surface area contributed by atoms with Gasteiger partial charge in [0.05, 0.1) is 12.8 Å². The molecule has 1 amide bonds. The second-order valence-corrected chi connectivity index (χ2v) is 7.76. The topological polar surface area (TPSA) is 47.6 Å². The molecule has 0 heterocycles. The number of hydrogen-bond donors (Lipinski definition) is 1. The Kier molecular flexibility index (Phi) is 5.64. The van der Waals surface area contributed by atoms with Gasteiger partial charge in [0.1, 0.15) is 6.61 Å². The number of methoxy groups -OCH3 is 1. The summed E-state index contributed by atoms with van der Waals surface area (Å²) in [5, 5.41) is 7.28. The molecule has 0 saturated carbocycles. The minimum atomic E-state index is 0.415. The summed E-state index contributed by atoms with van der Waals surface area (Å²) in [5.41, 5.74) is 3.72. The van der Waals surface area contributed by atoms with E-state index in [0.29, 0.717) is 24.5 Å². The fraction of sp³-hybridized carbons (Fsp3) is 0.0690. The molecule has 5 aromatic carbocycles. The second kappa shape index (κ2) is 9.05. The highest BCUT2D eigenvalue weighted by molar-refractivity contribution is 6.04. The minimum Gasteiger partial charge on any atom is -0.493 e. The molecule has 4 nitrogen and oxygen atoms in total. The van der Waals surface area contributed by atoms with Crippen LogP contribution in [0, 0.1) is 0 Å². The molecule has 0 saturated heterocycles. The predicted molar refractivity (Wildman–Crippen MR) is 134 cm³/mol. The smallest absolute Gasteiger partial charge is 0.211 e. The Bertz CT molecular complexity index is 1450. The Morgan fingerprint density at radius 3 is 2.27 bits per heavy atom. The van der Waals surface area contributed by atoms with Crippen molar-refractivity contribution in [2.45, 2.75) is 6.61 Å². The monoisotopic (exact) mass is 433 g/mol. The number of anilines is 1. The molecule has 33 heavy (non-hydrogen) atoms. The first kappa shape index (κ1) is 20.6. The zero-order valence-electron chi connectivity index (χ0n) is 18.2. The second-order valence-electron chi connectivity index (χ2n) is 7.76. The molecule has 0 aliphatic carbocycles. The van der Waals surface area contributed by atoms with Gasteiger partial charge in [-0.2, -0.15) is 0 Å². The molecule has 0 unspecified atom stereocenters. The van der Waals surface area contributed by atoms with Crippen LogP contribution >= 0.6 is 0 Å². The number of carbonyl (C=O) groups is 1. The molecule has 0 aliphatic heterocycles. The van der Waals surface area contributed by atoms with Gasteiger partial charge in [0.15, 0.2) is 11.5 Å². The Labute approximate surface area is 192 Å². The molecule has 5 rings (SSSR count). The van der Waals surface area contributed by atoms with Crippen LogP contribution in [-0.4, -0.2) is 13.5 Å². The maximum absolute atomic E-state index is 11.4. The van der Waals surface area contributed by atoms with E-state index in [1.54, 1.807) is 7.11 Å². The lowest BCUT2D eigenvalue weighted by molar-refractivity contribution is -0.105. The number of fused-ring (bicyclic) bond motifs is 2. The van der Waals surface area contributed by atoms with Crippen molar-refractivity contribution >= 4 is 33.6 Å². The average molecular weight is 434 g/mol. The molecule has 0 atom stereocenters. The van der Waals surface area contributed by atoms with Crippen molar-refractivity contribution in [2.24, 2.45) is 0 Å². The van der Waals surface area contributed by atoms with Gasteiger partial charge in [0.2, 0.25) is 6.41 Å². The maximum atomic E-state index is 11.4. The van der Waals surface area contributed by atoms with Gasteiger partial charge in [0.25, 0.3) is 0 Å². The third kappa shape index (κ3) is 3.99. The molecule has 0 aromatic heterocycles. The first-order chi connectivity index (χ1) is 16.3. The Balaban J connectivity index is 1.54. The van der Waals surface area contributed by atoms with E-state index in [2.05, 4.69) is 35.6 Å². The van der Waals surface area contributed by atoms with E-state index >= 15 is 0 Å². The largest absolute Gasteiger partial charge is 0.493 e. The summed E-state index contributed by atoms with van der Waals surface area (Å²) in [6.45, 7) is 0.415. The van der Waals surface area contributed by atoms with Crippen molar-refractivity contribution in [1.82, 2.24) is 0 Å². The normalized spacial score (nSPS) is 10.8. The van der Waals surface area contributed by atoms with Crippen molar-refractivity contribution in [3.8, 4) is 22.6 Å². The lowest BCUT2D eigenvalue weighted by atomic mass is 9.98. The number of carbonyl (C=O) groups excluding carboxylic acids is 1. The number of ether oxygens (including phenoxy) is 2. The van der Waals surface area contributed by atoms with E-state index in [1.165, 1.54) is 10.8 Å². The Hall–Kier alpha value is -4.31. The van der Waals surface area contributed by atoms with Gasteiger partial charge in [0, 0.05) is 10.9 Å². The van der Waals surface area contributed by atoms with Crippen LogP contribution in [0.2, 0.25) is 0 Å². The van der Waals surface area contributed by atoms with Crippen LogP contribution in [0.25, 0.3) is 32.7 Å². The summed E-state index contributed by atoms with van der Waals surface area (Å²) in [5.74, 6) is 1.30. The molecule has 4 heteroatoms. The third-order valence-corrected chi connectivity index (χ3v) is 5.87. The van der Waals surface area contributed by atoms with Crippen LogP contribution < -0.4 is 14.8 Å². The van der Waals surface area contributed by atoms with Crippen molar-refractivity contribution in [3.63, 3.8) is 0 Å². The van der Waals surface area contributed by atoms with E-state index in [-0.39, 0.29) is 0 Å². The summed E-state index contributed by atoms with van der Waals surface area (Å²) in [6.07, 6.45) is 0.715. The highest BCUT2D eigenvalue weighted by Crippen LogP contribution is 2.39. The van der Waals surface area contributed by atoms with Gasteiger partial charge in [-0.05, 0) is 39.4 Å². The molecule has 162 valence electrons. The number of benzene rings is 5. The fourth-order valence-corrected chi connectivity index (χ4v) is 4.26. The molecule has 0 fully saturated rings. The first-order valence-corrected chi connectivity index (χ1v) is 10.8. The van der Waals surface area contributed by atoms with Crippen LogP contribution in [0.4, 0.5) is 5.69 Å². The van der Waals surface area contributed by atoms with Gasteiger partial charge in [-0.25, -0.2) is 0 Å². The number of rotatable bonds is 7. The van der Waals surface area contributed by atoms with Gasteiger partial charge in [-0.15, -0.1) is 0 Å². The van der Waals surface area contributed by atoms with E-state index in [0.717, 1.165) is 33.2 Å². The zero-order chi connectivity index (χ0) is 22.6. The molecular formula is C29H23NO3. The average Bonchev–Trinajstić information content (AvgIpc) is 2.87. The summed E-state index contributed by atoms with van der Waals surface area (Å²) in [4.78, 5) is 11.4. The molecular weight excluding hydrogens is 410 g/mol. The highest BCUT2D eigenvalue weighted by Gasteiger charge is 2.13. The standard InChI is InChI=1S/C29H23NO3/c1-32-27-16-14-22(26-15-13-21-8-3-5-12-25(21)29(26)30-19-31)17-28(27)33-18-23-10-6-9-20-7-2-4-11-24(20)23/h2-17,19H,18H2,1H3,(H,30,31).